The smallest absolute Gasteiger partial charge is 0.184 e. The van der Waals surface area contributed by atoms with Gasteiger partial charge >= 0.3 is 0 Å². The quantitative estimate of drug-likeness (QED) is 0.393. The molecule has 0 unspecified atom stereocenters. The van der Waals surface area contributed by atoms with Gasteiger partial charge in [0.25, 0.3) is 0 Å². The van der Waals surface area contributed by atoms with Gasteiger partial charge in [0, 0.05) is 28.1 Å². The molecule has 0 N–H and O–H groups in total. The Bertz CT molecular complexity index is 1230. The summed E-state index contributed by atoms with van der Waals surface area (Å²) in [5, 5.41) is 0.696. The molecule has 0 fully saturated rings. The number of nitrogens with zero attached hydrogens (tertiary/aromatic N) is 1. The summed E-state index contributed by atoms with van der Waals surface area (Å²) < 4.78 is 42.3. The molecule has 142 valence electrons. The highest BCUT2D eigenvalue weighted by Gasteiger charge is 2.21. The second-order valence-corrected chi connectivity index (χ2v) is 9.52. The summed E-state index contributed by atoms with van der Waals surface area (Å²) in [5.74, 6) is -0.357. The standard InChI is InChI=1S/C22H17BrFNO2S/c23-18-9-5-17(6-10-18)15-28(26,27)22-14-25(21-4-2-1-3-20(21)22)13-16-7-11-19(24)12-8-16/h1-12,14H,13,15H2. The van der Waals surface area contributed by atoms with Crippen molar-refractivity contribution < 1.29 is 12.8 Å². The van der Waals surface area contributed by atoms with E-state index in [1.807, 2.05) is 41.0 Å². The molecule has 0 saturated carbocycles. The molecule has 0 aliphatic carbocycles. The monoisotopic (exact) mass is 457 g/mol. The van der Waals surface area contributed by atoms with Crippen molar-refractivity contribution in [3.05, 3.63) is 100 Å². The van der Waals surface area contributed by atoms with Gasteiger partial charge in [0.2, 0.25) is 0 Å². The van der Waals surface area contributed by atoms with Crippen LogP contribution in [0.3, 0.4) is 0 Å². The van der Waals surface area contributed by atoms with Gasteiger partial charge in [-0.3, -0.25) is 0 Å². The summed E-state index contributed by atoms with van der Waals surface area (Å²) in [4.78, 5) is 0.313. The average Bonchev–Trinajstić information content (AvgIpc) is 3.05. The van der Waals surface area contributed by atoms with Gasteiger partial charge in [-0.2, -0.15) is 0 Å². The van der Waals surface area contributed by atoms with E-state index in [1.54, 1.807) is 30.5 Å². The fraction of sp³-hybridized carbons (Fsp3) is 0.0909. The second-order valence-electron chi connectivity index (χ2n) is 6.65. The molecule has 0 saturated heterocycles. The highest BCUT2D eigenvalue weighted by molar-refractivity contribution is 9.10. The highest BCUT2D eigenvalue weighted by Crippen LogP contribution is 2.29. The summed E-state index contributed by atoms with van der Waals surface area (Å²) in [6.07, 6.45) is 1.68. The molecule has 0 radical (unpaired) electrons. The van der Waals surface area contributed by atoms with Crippen LogP contribution in [-0.4, -0.2) is 13.0 Å². The number of rotatable bonds is 5. The first-order chi connectivity index (χ1) is 13.4. The summed E-state index contributed by atoms with van der Waals surface area (Å²) in [5.41, 5.74) is 2.47. The molecule has 28 heavy (non-hydrogen) atoms. The molecular formula is C22H17BrFNO2S. The maximum absolute atomic E-state index is 13.2. The molecule has 4 rings (SSSR count). The summed E-state index contributed by atoms with van der Waals surface area (Å²) in [6.45, 7) is 0.467. The Kier molecular flexibility index (Phi) is 5.08. The van der Waals surface area contributed by atoms with Crippen LogP contribution in [0, 0.1) is 5.82 Å². The Labute approximate surface area is 171 Å². The Balaban J connectivity index is 1.74. The van der Waals surface area contributed by atoms with Crippen molar-refractivity contribution in [1.82, 2.24) is 4.57 Å². The van der Waals surface area contributed by atoms with Crippen molar-refractivity contribution >= 4 is 36.7 Å². The van der Waals surface area contributed by atoms with Crippen LogP contribution in [0.25, 0.3) is 10.9 Å². The predicted molar refractivity (Wildman–Crippen MR) is 112 cm³/mol. The predicted octanol–water partition coefficient (Wildman–Crippen LogP) is 5.57. The maximum atomic E-state index is 13.2. The molecule has 0 aliphatic heterocycles. The topological polar surface area (TPSA) is 39.1 Å². The van der Waals surface area contributed by atoms with Crippen LogP contribution < -0.4 is 0 Å². The number of aromatic nitrogens is 1. The minimum Gasteiger partial charge on any atom is -0.342 e. The van der Waals surface area contributed by atoms with Crippen LogP contribution in [0.4, 0.5) is 4.39 Å². The van der Waals surface area contributed by atoms with Gasteiger partial charge in [-0.25, -0.2) is 12.8 Å². The van der Waals surface area contributed by atoms with Gasteiger partial charge in [-0.05, 0) is 41.5 Å². The van der Waals surface area contributed by atoms with Gasteiger partial charge < -0.3 is 4.57 Å². The third-order valence-corrected chi connectivity index (χ3v) is 6.86. The first-order valence-corrected chi connectivity index (χ1v) is 11.2. The van der Waals surface area contributed by atoms with Gasteiger partial charge in [-0.15, -0.1) is 0 Å². The zero-order chi connectivity index (χ0) is 19.7. The molecule has 3 nitrogen and oxygen atoms in total. The van der Waals surface area contributed by atoms with Crippen LogP contribution in [0.5, 0.6) is 0 Å². The van der Waals surface area contributed by atoms with E-state index < -0.39 is 9.84 Å². The summed E-state index contributed by atoms with van der Waals surface area (Å²) in [7, 11) is -3.53. The molecule has 6 heteroatoms. The number of hydrogen-bond acceptors (Lipinski definition) is 2. The van der Waals surface area contributed by atoms with Crippen molar-refractivity contribution in [3.8, 4) is 0 Å². The number of halogens is 2. The number of hydrogen-bond donors (Lipinski definition) is 0. The third-order valence-electron chi connectivity index (χ3n) is 4.62. The Morgan fingerprint density at radius 1 is 0.857 bits per heavy atom. The lowest BCUT2D eigenvalue weighted by Crippen LogP contribution is -2.05. The van der Waals surface area contributed by atoms with Gasteiger partial charge in [0.1, 0.15) is 5.82 Å². The molecule has 3 aromatic carbocycles. The summed E-state index contributed by atoms with van der Waals surface area (Å²) in [6, 6.07) is 21.0. The van der Waals surface area contributed by atoms with Gasteiger partial charge in [0.05, 0.1) is 10.6 Å². The van der Waals surface area contributed by atoms with E-state index in [2.05, 4.69) is 15.9 Å². The maximum Gasteiger partial charge on any atom is 0.184 e. The SMILES string of the molecule is O=S(=O)(Cc1ccc(Br)cc1)c1cn(Cc2ccc(F)cc2)c2ccccc12. The van der Waals surface area contributed by atoms with Crippen molar-refractivity contribution in [3.63, 3.8) is 0 Å². The number of para-hydroxylation sites is 1. The normalized spacial score (nSPS) is 11.8. The van der Waals surface area contributed by atoms with Crippen molar-refractivity contribution in [2.24, 2.45) is 0 Å². The number of sulfone groups is 1. The van der Waals surface area contributed by atoms with Crippen molar-refractivity contribution in [2.45, 2.75) is 17.2 Å². The highest BCUT2D eigenvalue weighted by atomic mass is 79.9. The Morgan fingerprint density at radius 2 is 1.50 bits per heavy atom. The molecule has 0 bridgehead atoms. The van der Waals surface area contributed by atoms with Gasteiger partial charge in [0.15, 0.2) is 9.84 Å². The Hall–Kier alpha value is -2.44. The Morgan fingerprint density at radius 3 is 2.21 bits per heavy atom. The third kappa shape index (κ3) is 3.88. The zero-order valence-corrected chi connectivity index (χ0v) is 17.3. The van der Waals surface area contributed by atoms with E-state index in [0.29, 0.717) is 16.8 Å². The fourth-order valence-corrected chi connectivity index (χ4v) is 5.10. The lowest BCUT2D eigenvalue weighted by molar-refractivity contribution is 0.595. The lowest BCUT2D eigenvalue weighted by Gasteiger charge is -2.05. The largest absolute Gasteiger partial charge is 0.342 e. The van der Waals surface area contributed by atoms with Crippen molar-refractivity contribution in [2.75, 3.05) is 0 Å². The molecule has 0 amide bonds. The molecule has 1 heterocycles. The molecule has 0 spiro atoms. The molecular weight excluding hydrogens is 441 g/mol. The average molecular weight is 458 g/mol. The minimum absolute atomic E-state index is 0.0646. The summed E-state index contributed by atoms with van der Waals surface area (Å²) >= 11 is 3.37. The van der Waals surface area contributed by atoms with Crippen LogP contribution >= 0.6 is 15.9 Å². The van der Waals surface area contributed by atoms with E-state index in [-0.39, 0.29) is 11.6 Å². The number of benzene rings is 3. The van der Waals surface area contributed by atoms with Crippen LogP contribution in [-0.2, 0) is 22.1 Å². The van der Waals surface area contributed by atoms with E-state index >= 15 is 0 Å². The van der Waals surface area contributed by atoms with Gasteiger partial charge in [-0.1, -0.05) is 58.4 Å². The van der Waals surface area contributed by atoms with Crippen LogP contribution in [0.2, 0.25) is 0 Å². The van der Waals surface area contributed by atoms with E-state index in [0.717, 1.165) is 21.1 Å². The van der Waals surface area contributed by atoms with Crippen LogP contribution in [0.1, 0.15) is 11.1 Å². The number of fused-ring (bicyclic) bond motifs is 1. The minimum atomic E-state index is -3.53. The molecule has 0 atom stereocenters. The zero-order valence-electron chi connectivity index (χ0n) is 14.8. The van der Waals surface area contributed by atoms with E-state index in [4.69, 9.17) is 0 Å². The van der Waals surface area contributed by atoms with Crippen LogP contribution in [0.15, 0.2) is 88.4 Å². The van der Waals surface area contributed by atoms with E-state index in [1.165, 1.54) is 12.1 Å². The first-order valence-electron chi connectivity index (χ1n) is 8.72. The molecule has 4 aromatic rings. The van der Waals surface area contributed by atoms with Crippen molar-refractivity contribution in [1.29, 1.82) is 0 Å². The first kappa shape index (κ1) is 18.9. The molecule has 0 aliphatic rings. The second kappa shape index (κ2) is 7.53. The van der Waals surface area contributed by atoms with E-state index in [9.17, 15) is 12.8 Å². The molecule has 1 aromatic heterocycles. The lowest BCUT2D eigenvalue weighted by atomic mass is 10.2. The fourth-order valence-electron chi connectivity index (χ4n) is 3.26.